The van der Waals surface area contributed by atoms with Gasteiger partial charge in [-0.1, -0.05) is 74.3 Å². The molecule has 2 amide bonds. The van der Waals surface area contributed by atoms with Crippen LogP contribution in [0.1, 0.15) is 58.3 Å². The van der Waals surface area contributed by atoms with E-state index in [2.05, 4.69) is 67.2 Å². The highest BCUT2D eigenvalue weighted by atomic mass is 79.9. The fourth-order valence-corrected chi connectivity index (χ4v) is 2.72. The Bertz CT molecular complexity index is 789. The molecule has 0 aliphatic rings. The zero-order valence-electron chi connectivity index (χ0n) is 19.8. The van der Waals surface area contributed by atoms with Crippen LogP contribution in [0.25, 0.3) is 17.3 Å². The van der Waals surface area contributed by atoms with Crippen molar-refractivity contribution in [2.45, 2.75) is 53.4 Å². The number of aryl methyl sites for hydroxylation is 1. The number of aromatic nitrogens is 2. The first kappa shape index (κ1) is 29.4. The first-order valence-corrected chi connectivity index (χ1v) is 11.9. The second kappa shape index (κ2) is 19.1. The number of halogens is 1. The lowest BCUT2D eigenvalue weighted by Crippen LogP contribution is -2.37. The van der Waals surface area contributed by atoms with E-state index in [0.717, 1.165) is 41.9 Å². The van der Waals surface area contributed by atoms with Crippen molar-refractivity contribution in [3.63, 3.8) is 0 Å². The number of nitrogens with zero attached hydrogens (tertiary/aromatic N) is 1. The lowest BCUT2D eigenvalue weighted by molar-refractivity contribution is -0.120. The smallest absolute Gasteiger partial charge is 0.407 e. The molecule has 3 N–H and O–H groups in total. The van der Waals surface area contributed by atoms with Crippen LogP contribution < -0.4 is 10.6 Å². The average Bonchev–Trinajstić information content (AvgIpc) is 3.28. The molecular formula is C24H37BrN4O3. The molecule has 0 unspecified atom stereocenters. The lowest BCUT2D eigenvalue weighted by atomic mass is 10.1. The Labute approximate surface area is 200 Å². The molecule has 2 rings (SSSR count). The first-order valence-electron chi connectivity index (χ1n) is 11.0. The van der Waals surface area contributed by atoms with Crippen LogP contribution in [0.3, 0.4) is 0 Å². The van der Waals surface area contributed by atoms with E-state index in [1.54, 1.807) is 0 Å². The highest BCUT2D eigenvalue weighted by Crippen LogP contribution is 2.19. The van der Waals surface area contributed by atoms with E-state index in [1.807, 2.05) is 43.2 Å². The van der Waals surface area contributed by atoms with Crippen molar-refractivity contribution in [3.8, 4) is 11.3 Å². The van der Waals surface area contributed by atoms with Crippen molar-refractivity contribution in [2.24, 2.45) is 0 Å². The van der Waals surface area contributed by atoms with Gasteiger partial charge >= 0.3 is 6.09 Å². The SMILES string of the molecule is CC.CCC.COC(=O)NCC(=O)NCCCCc1ncc(-c2ccc(/C=C/Br)cc2)[nH]1. The Hall–Kier alpha value is -2.61. The van der Waals surface area contributed by atoms with E-state index in [9.17, 15) is 9.59 Å². The molecule has 0 aliphatic heterocycles. The third kappa shape index (κ3) is 12.9. The van der Waals surface area contributed by atoms with Crippen molar-refractivity contribution in [2.75, 3.05) is 20.2 Å². The number of aromatic amines is 1. The van der Waals surface area contributed by atoms with Gasteiger partial charge in [-0.25, -0.2) is 9.78 Å². The maximum absolute atomic E-state index is 11.5. The molecule has 1 aromatic heterocycles. The predicted molar refractivity (Wildman–Crippen MR) is 136 cm³/mol. The van der Waals surface area contributed by atoms with Gasteiger partial charge in [0, 0.05) is 13.0 Å². The summed E-state index contributed by atoms with van der Waals surface area (Å²) in [5.74, 6) is 0.687. The number of amides is 2. The van der Waals surface area contributed by atoms with Gasteiger partial charge in [0.2, 0.25) is 5.91 Å². The van der Waals surface area contributed by atoms with E-state index in [0.29, 0.717) is 6.54 Å². The number of rotatable bonds is 9. The molecule has 0 saturated heterocycles. The van der Waals surface area contributed by atoms with Crippen molar-refractivity contribution in [3.05, 3.63) is 46.8 Å². The van der Waals surface area contributed by atoms with Gasteiger partial charge < -0.3 is 20.4 Å². The fraction of sp³-hybridized carbons (Fsp3) is 0.458. The van der Waals surface area contributed by atoms with Crippen molar-refractivity contribution < 1.29 is 14.3 Å². The molecule has 0 radical (unpaired) electrons. The number of methoxy groups -OCH3 is 1. The standard InChI is InChI=1S/C19H23BrN4O3.C3H8.C2H6/c1-27-19(26)23-13-18(25)21-11-3-2-4-17-22-12-16(24-17)15-7-5-14(6-8-15)9-10-20;1-3-2;1-2/h5-10,12H,2-4,11,13H2,1H3,(H,21,25)(H,22,24)(H,23,26);3H2,1-2H3;1-2H3/b10-9+;;. The molecule has 1 heterocycles. The highest BCUT2D eigenvalue weighted by molar-refractivity contribution is 9.11. The van der Waals surface area contributed by atoms with Crippen molar-refractivity contribution in [1.29, 1.82) is 0 Å². The van der Waals surface area contributed by atoms with E-state index < -0.39 is 6.09 Å². The molecule has 0 fully saturated rings. The van der Waals surface area contributed by atoms with Crippen LogP contribution >= 0.6 is 15.9 Å². The monoisotopic (exact) mass is 508 g/mol. The highest BCUT2D eigenvalue weighted by Gasteiger charge is 2.05. The third-order valence-corrected chi connectivity index (χ3v) is 4.11. The molecule has 0 saturated carbocycles. The summed E-state index contributed by atoms with van der Waals surface area (Å²) < 4.78 is 4.40. The predicted octanol–water partition coefficient (Wildman–Crippen LogP) is 5.68. The van der Waals surface area contributed by atoms with Crippen LogP contribution in [0.15, 0.2) is 35.4 Å². The lowest BCUT2D eigenvalue weighted by Gasteiger charge is -2.05. The van der Waals surface area contributed by atoms with Gasteiger partial charge in [0.05, 0.1) is 25.5 Å². The Morgan fingerprint density at radius 1 is 1.12 bits per heavy atom. The number of alkyl carbamates (subject to hydrolysis) is 1. The molecule has 32 heavy (non-hydrogen) atoms. The zero-order chi connectivity index (χ0) is 24.2. The number of carbonyl (C=O) groups is 2. The van der Waals surface area contributed by atoms with Gasteiger partial charge in [0.15, 0.2) is 0 Å². The summed E-state index contributed by atoms with van der Waals surface area (Å²) in [5.41, 5.74) is 3.20. The normalized spacial score (nSPS) is 9.81. The summed E-state index contributed by atoms with van der Waals surface area (Å²) in [7, 11) is 1.25. The van der Waals surface area contributed by atoms with Gasteiger partial charge in [-0.2, -0.15) is 0 Å². The van der Waals surface area contributed by atoms with Crippen LogP contribution in [-0.2, 0) is 16.0 Å². The van der Waals surface area contributed by atoms with Crippen LogP contribution in [0, 0.1) is 0 Å². The number of carbonyl (C=O) groups excluding carboxylic acids is 2. The van der Waals surface area contributed by atoms with Crippen LogP contribution in [0.5, 0.6) is 0 Å². The third-order valence-electron chi connectivity index (χ3n) is 3.85. The van der Waals surface area contributed by atoms with Gasteiger partial charge in [0.1, 0.15) is 5.82 Å². The number of imidazole rings is 1. The van der Waals surface area contributed by atoms with Gasteiger partial charge in [-0.05, 0) is 35.0 Å². The maximum Gasteiger partial charge on any atom is 0.407 e. The van der Waals surface area contributed by atoms with E-state index in [-0.39, 0.29) is 12.5 Å². The van der Waals surface area contributed by atoms with Crippen LogP contribution in [0.2, 0.25) is 0 Å². The number of unbranched alkanes of at least 4 members (excludes halogenated alkanes) is 1. The summed E-state index contributed by atoms with van der Waals surface area (Å²) in [4.78, 5) is 32.0. The number of hydrogen-bond acceptors (Lipinski definition) is 4. The fourth-order valence-electron chi connectivity index (χ4n) is 2.42. The van der Waals surface area contributed by atoms with E-state index in [4.69, 9.17) is 0 Å². The van der Waals surface area contributed by atoms with E-state index >= 15 is 0 Å². The summed E-state index contributed by atoms with van der Waals surface area (Å²) >= 11 is 3.27. The molecule has 0 spiro atoms. The molecule has 8 heteroatoms. The number of hydrogen-bond donors (Lipinski definition) is 3. The minimum atomic E-state index is -0.618. The number of benzene rings is 1. The Kier molecular flexibility index (Phi) is 17.5. The summed E-state index contributed by atoms with van der Waals surface area (Å²) in [6.45, 7) is 8.72. The van der Waals surface area contributed by atoms with Crippen LogP contribution in [0.4, 0.5) is 4.79 Å². The maximum atomic E-state index is 11.5. The van der Waals surface area contributed by atoms with Crippen molar-refractivity contribution >= 4 is 34.0 Å². The van der Waals surface area contributed by atoms with Crippen molar-refractivity contribution in [1.82, 2.24) is 20.6 Å². The first-order chi connectivity index (χ1) is 15.5. The van der Waals surface area contributed by atoms with Crippen LogP contribution in [-0.4, -0.2) is 42.2 Å². The summed E-state index contributed by atoms with van der Waals surface area (Å²) in [6, 6.07) is 8.20. The number of H-pyrrole nitrogens is 1. The van der Waals surface area contributed by atoms with Gasteiger partial charge in [-0.15, -0.1) is 0 Å². The molecule has 1 aromatic carbocycles. The second-order valence-corrected chi connectivity index (χ2v) is 7.05. The zero-order valence-corrected chi connectivity index (χ0v) is 21.4. The number of ether oxygens (including phenoxy) is 1. The van der Waals surface area contributed by atoms with E-state index in [1.165, 1.54) is 13.5 Å². The topological polar surface area (TPSA) is 96.1 Å². The molecule has 178 valence electrons. The Morgan fingerprint density at radius 2 is 1.78 bits per heavy atom. The minimum Gasteiger partial charge on any atom is -0.453 e. The quantitative estimate of drug-likeness (QED) is 0.379. The molecular weight excluding hydrogens is 472 g/mol. The molecule has 7 nitrogen and oxygen atoms in total. The Balaban J connectivity index is 0.00000177. The molecule has 2 aromatic rings. The molecule has 0 bridgehead atoms. The van der Waals surface area contributed by atoms with Gasteiger partial charge in [-0.3, -0.25) is 4.79 Å². The second-order valence-electron chi connectivity index (χ2n) is 6.52. The van der Waals surface area contributed by atoms with Gasteiger partial charge in [0.25, 0.3) is 0 Å². The summed E-state index contributed by atoms with van der Waals surface area (Å²) in [5, 5.41) is 5.08. The number of nitrogens with one attached hydrogen (secondary N) is 3. The largest absolute Gasteiger partial charge is 0.453 e. The average molecular weight is 509 g/mol. The molecule has 0 atom stereocenters. The molecule has 0 aliphatic carbocycles. The Morgan fingerprint density at radius 3 is 2.38 bits per heavy atom. The minimum absolute atomic E-state index is 0.0849. The summed E-state index contributed by atoms with van der Waals surface area (Å²) in [6.07, 6.45) is 6.98.